The summed E-state index contributed by atoms with van der Waals surface area (Å²) in [4.78, 5) is 2.75. The van der Waals surface area contributed by atoms with E-state index in [4.69, 9.17) is 0 Å². The molecule has 2 nitrogen and oxygen atoms in total. The number of rotatable bonds is 1. The lowest BCUT2D eigenvalue weighted by Crippen LogP contribution is -2.61. The molecule has 2 unspecified atom stereocenters. The van der Waals surface area contributed by atoms with Crippen molar-refractivity contribution < 1.29 is 0 Å². The van der Waals surface area contributed by atoms with E-state index >= 15 is 0 Å². The standard InChI is InChI=1S/C12H24N2/c1-10-9-14(11(2)8-13-10)12(3)6-4-5-7-12/h10-11,13H,4-9H2,1-3H3. The second-order valence-electron chi connectivity index (χ2n) is 5.51. The molecule has 2 fully saturated rings. The van der Waals surface area contributed by atoms with E-state index in [9.17, 15) is 0 Å². The average molecular weight is 196 g/mol. The minimum atomic E-state index is 0.510. The first-order valence-electron chi connectivity index (χ1n) is 6.12. The zero-order chi connectivity index (χ0) is 10.2. The fraction of sp³-hybridized carbons (Fsp3) is 1.00. The van der Waals surface area contributed by atoms with Crippen molar-refractivity contribution in [1.29, 1.82) is 0 Å². The summed E-state index contributed by atoms with van der Waals surface area (Å²) in [5, 5.41) is 3.56. The van der Waals surface area contributed by atoms with Gasteiger partial charge in [-0.1, -0.05) is 12.8 Å². The van der Waals surface area contributed by atoms with Gasteiger partial charge in [0.2, 0.25) is 0 Å². The van der Waals surface area contributed by atoms with E-state index < -0.39 is 0 Å². The molecule has 82 valence electrons. The highest BCUT2D eigenvalue weighted by Gasteiger charge is 2.39. The third-order valence-corrected chi connectivity index (χ3v) is 4.14. The maximum atomic E-state index is 3.56. The molecule has 1 N–H and O–H groups in total. The molecule has 0 aromatic rings. The Labute approximate surface area is 88.1 Å². The number of hydrogen-bond donors (Lipinski definition) is 1. The van der Waals surface area contributed by atoms with E-state index in [1.54, 1.807) is 0 Å². The van der Waals surface area contributed by atoms with Crippen molar-refractivity contribution in [2.45, 2.75) is 64.1 Å². The van der Waals surface area contributed by atoms with Gasteiger partial charge in [0, 0.05) is 30.7 Å². The van der Waals surface area contributed by atoms with Crippen LogP contribution in [0.3, 0.4) is 0 Å². The third-order valence-electron chi connectivity index (χ3n) is 4.14. The summed E-state index contributed by atoms with van der Waals surface area (Å²) >= 11 is 0. The minimum Gasteiger partial charge on any atom is -0.311 e. The van der Waals surface area contributed by atoms with Crippen LogP contribution in [0.25, 0.3) is 0 Å². The Kier molecular flexibility index (Phi) is 2.85. The second kappa shape index (κ2) is 3.82. The van der Waals surface area contributed by atoms with Crippen LogP contribution >= 0.6 is 0 Å². The predicted molar refractivity (Wildman–Crippen MR) is 60.5 cm³/mol. The molecule has 0 radical (unpaired) electrons. The minimum absolute atomic E-state index is 0.510. The highest BCUT2D eigenvalue weighted by Crippen LogP contribution is 2.36. The Hall–Kier alpha value is -0.0800. The molecule has 0 aromatic carbocycles. The topological polar surface area (TPSA) is 15.3 Å². The molecular formula is C12H24N2. The van der Waals surface area contributed by atoms with Crippen molar-refractivity contribution in [3.63, 3.8) is 0 Å². The van der Waals surface area contributed by atoms with Crippen molar-refractivity contribution in [2.75, 3.05) is 13.1 Å². The van der Waals surface area contributed by atoms with Gasteiger partial charge in [-0.3, -0.25) is 4.90 Å². The van der Waals surface area contributed by atoms with Gasteiger partial charge in [-0.2, -0.15) is 0 Å². The molecule has 1 saturated heterocycles. The zero-order valence-electron chi connectivity index (χ0n) is 9.84. The lowest BCUT2D eigenvalue weighted by Gasteiger charge is -2.47. The Morgan fingerprint density at radius 3 is 2.50 bits per heavy atom. The van der Waals surface area contributed by atoms with Crippen molar-refractivity contribution in [3.8, 4) is 0 Å². The predicted octanol–water partition coefficient (Wildman–Crippen LogP) is 2.00. The van der Waals surface area contributed by atoms with Crippen LogP contribution < -0.4 is 5.32 Å². The molecule has 2 aliphatic rings. The second-order valence-corrected chi connectivity index (χ2v) is 5.51. The molecule has 1 saturated carbocycles. The van der Waals surface area contributed by atoms with E-state index in [2.05, 4.69) is 31.0 Å². The molecule has 2 atom stereocenters. The lowest BCUT2D eigenvalue weighted by molar-refractivity contribution is 0.0341. The molecule has 1 aliphatic carbocycles. The Balaban J connectivity index is 2.06. The molecule has 2 heteroatoms. The van der Waals surface area contributed by atoms with Crippen LogP contribution in [0.4, 0.5) is 0 Å². The number of nitrogens with one attached hydrogen (secondary N) is 1. The smallest absolute Gasteiger partial charge is 0.0198 e. The monoisotopic (exact) mass is 196 g/mol. The van der Waals surface area contributed by atoms with E-state index in [-0.39, 0.29) is 0 Å². The fourth-order valence-corrected chi connectivity index (χ4v) is 3.20. The first kappa shape index (κ1) is 10.4. The normalized spacial score (nSPS) is 38.8. The first-order valence-corrected chi connectivity index (χ1v) is 6.12. The van der Waals surface area contributed by atoms with E-state index in [0.29, 0.717) is 17.6 Å². The molecule has 0 aromatic heterocycles. The molecule has 0 amide bonds. The average Bonchev–Trinajstić information content (AvgIpc) is 2.58. The van der Waals surface area contributed by atoms with Crippen LogP contribution in [-0.4, -0.2) is 35.6 Å². The summed E-state index contributed by atoms with van der Waals surface area (Å²) in [6, 6.07) is 1.39. The summed E-state index contributed by atoms with van der Waals surface area (Å²) in [7, 11) is 0. The third kappa shape index (κ3) is 1.82. The van der Waals surface area contributed by atoms with Gasteiger partial charge in [0.05, 0.1) is 0 Å². The van der Waals surface area contributed by atoms with Crippen LogP contribution in [0.1, 0.15) is 46.5 Å². The van der Waals surface area contributed by atoms with Crippen molar-refractivity contribution in [1.82, 2.24) is 10.2 Å². The molecule has 0 bridgehead atoms. The van der Waals surface area contributed by atoms with E-state index in [1.807, 2.05) is 0 Å². The Morgan fingerprint density at radius 1 is 1.21 bits per heavy atom. The summed E-state index contributed by atoms with van der Waals surface area (Å²) in [5.41, 5.74) is 0.510. The van der Waals surface area contributed by atoms with Crippen molar-refractivity contribution in [3.05, 3.63) is 0 Å². The zero-order valence-corrected chi connectivity index (χ0v) is 9.84. The molecule has 14 heavy (non-hydrogen) atoms. The maximum Gasteiger partial charge on any atom is 0.0198 e. The maximum absolute atomic E-state index is 3.56. The first-order chi connectivity index (χ1) is 6.62. The van der Waals surface area contributed by atoms with Crippen LogP contribution in [0, 0.1) is 0 Å². The van der Waals surface area contributed by atoms with Crippen LogP contribution in [0.2, 0.25) is 0 Å². The van der Waals surface area contributed by atoms with E-state index in [1.165, 1.54) is 32.2 Å². The van der Waals surface area contributed by atoms with Crippen LogP contribution in [-0.2, 0) is 0 Å². The molecule has 0 spiro atoms. The molecule has 2 rings (SSSR count). The van der Waals surface area contributed by atoms with Gasteiger partial charge in [0.1, 0.15) is 0 Å². The van der Waals surface area contributed by atoms with Crippen molar-refractivity contribution >= 4 is 0 Å². The molecular weight excluding hydrogens is 172 g/mol. The van der Waals surface area contributed by atoms with Gasteiger partial charge in [0.25, 0.3) is 0 Å². The lowest BCUT2D eigenvalue weighted by atomic mass is 9.93. The Morgan fingerprint density at radius 2 is 1.86 bits per heavy atom. The van der Waals surface area contributed by atoms with Gasteiger partial charge >= 0.3 is 0 Å². The van der Waals surface area contributed by atoms with E-state index in [0.717, 1.165) is 6.54 Å². The highest BCUT2D eigenvalue weighted by molar-refractivity contribution is 4.96. The number of piperazine rings is 1. The number of nitrogens with zero attached hydrogens (tertiary/aromatic N) is 1. The van der Waals surface area contributed by atoms with Gasteiger partial charge in [-0.25, -0.2) is 0 Å². The highest BCUT2D eigenvalue weighted by atomic mass is 15.3. The summed E-state index contributed by atoms with van der Waals surface area (Å²) in [6.07, 6.45) is 5.68. The Bertz CT molecular complexity index is 196. The summed E-state index contributed by atoms with van der Waals surface area (Å²) in [5.74, 6) is 0. The summed E-state index contributed by atoms with van der Waals surface area (Å²) in [6.45, 7) is 9.53. The quantitative estimate of drug-likeness (QED) is 0.690. The summed E-state index contributed by atoms with van der Waals surface area (Å²) < 4.78 is 0. The fourth-order valence-electron chi connectivity index (χ4n) is 3.20. The van der Waals surface area contributed by atoms with Crippen LogP contribution in [0.5, 0.6) is 0 Å². The van der Waals surface area contributed by atoms with Gasteiger partial charge < -0.3 is 5.32 Å². The largest absolute Gasteiger partial charge is 0.311 e. The van der Waals surface area contributed by atoms with Gasteiger partial charge in [0.15, 0.2) is 0 Å². The number of hydrogen-bond acceptors (Lipinski definition) is 2. The molecule has 1 aliphatic heterocycles. The molecule has 1 heterocycles. The SMILES string of the molecule is CC1CN(C2(C)CCCC2)C(C)CN1. The van der Waals surface area contributed by atoms with Gasteiger partial charge in [-0.15, -0.1) is 0 Å². The van der Waals surface area contributed by atoms with Gasteiger partial charge in [-0.05, 0) is 33.6 Å². The van der Waals surface area contributed by atoms with Crippen molar-refractivity contribution in [2.24, 2.45) is 0 Å². The van der Waals surface area contributed by atoms with Crippen LogP contribution in [0.15, 0.2) is 0 Å².